The largest absolute Gasteiger partial charge is 0.389 e. The zero-order valence-electron chi connectivity index (χ0n) is 10.6. The Labute approximate surface area is 103 Å². The molecule has 17 heavy (non-hydrogen) atoms. The molecule has 94 valence electrons. The van der Waals surface area contributed by atoms with Crippen molar-refractivity contribution in [3.05, 3.63) is 29.6 Å². The fraction of sp³-hybridized carbons (Fsp3) is 0.643. The van der Waals surface area contributed by atoms with Crippen LogP contribution in [0.4, 0.5) is 0 Å². The van der Waals surface area contributed by atoms with Crippen LogP contribution in [-0.4, -0.2) is 22.2 Å². The minimum absolute atomic E-state index is 0.478. The molecule has 2 N–H and O–H groups in total. The number of pyridine rings is 1. The van der Waals surface area contributed by atoms with Gasteiger partial charge in [0.2, 0.25) is 0 Å². The number of nitrogens with one attached hydrogen (secondary N) is 1. The summed E-state index contributed by atoms with van der Waals surface area (Å²) in [6.45, 7) is 3.51. The third-order valence-corrected chi connectivity index (χ3v) is 3.67. The van der Waals surface area contributed by atoms with Gasteiger partial charge in [-0.1, -0.05) is 25.3 Å². The quantitative estimate of drug-likeness (QED) is 0.839. The van der Waals surface area contributed by atoms with Crippen LogP contribution in [0.3, 0.4) is 0 Å². The van der Waals surface area contributed by atoms with Crippen molar-refractivity contribution in [3.63, 3.8) is 0 Å². The number of rotatable bonds is 4. The zero-order valence-corrected chi connectivity index (χ0v) is 10.6. The second-order valence-corrected chi connectivity index (χ2v) is 5.14. The third-order valence-electron chi connectivity index (χ3n) is 3.67. The standard InChI is InChI=1S/C14H22N2O/c1-12-13(6-5-9-16-12)10-15-11-14(17)7-3-2-4-8-14/h5-6,9,15,17H,2-4,7-8,10-11H2,1H3. The van der Waals surface area contributed by atoms with Crippen molar-refractivity contribution in [2.75, 3.05) is 6.54 Å². The predicted molar refractivity (Wildman–Crippen MR) is 68.7 cm³/mol. The molecule has 0 saturated heterocycles. The fourth-order valence-corrected chi connectivity index (χ4v) is 2.52. The lowest BCUT2D eigenvalue weighted by Gasteiger charge is -2.32. The van der Waals surface area contributed by atoms with Gasteiger partial charge in [-0.2, -0.15) is 0 Å². The molecule has 2 rings (SSSR count). The Bertz CT molecular complexity index is 359. The first-order valence-corrected chi connectivity index (χ1v) is 6.53. The van der Waals surface area contributed by atoms with E-state index in [0.717, 1.165) is 37.9 Å². The lowest BCUT2D eigenvalue weighted by atomic mass is 9.85. The van der Waals surface area contributed by atoms with Crippen LogP contribution in [0.25, 0.3) is 0 Å². The molecule has 0 aliphatic heterocycles. The molecule has 1 aliphatic carbocycles. The number of nitrogens with zero attached hydrogens (tertiary/aromatic N) is 1. The maximum atomic E-state index is 10.3. The van der Waals surface area contributed by atoms with Crippen molar-refractivity contribution in [2.24, 2.45) is 0 Å². The number of aromatic nitrogens is 1. The summed E-state index contributed by atoms with van der Waals surface area (Å²) in [6.07, 6.45) is 7.27. The first kappa shape index (κ1) is 12.5. The van der Waals surface area contributed by atoms with Crippen molar-refractivity contribution < 1.29 is 5.11 Å². The van der Waals surface area contributed by atoms with Crippen molar-refractivity contribution in [2.45, 2.75) is 51.2 Å². The number of aliphatic hydroxyl groups is 1. The summed E-state index contributed by atoms with van der Waals surface area (Å²) in [7, 11) is 0. The topological polar surface area (TPSA) is 45.2 Å². The van der Waals surface area contributed by atoms with E-state index in [9.17, 15) is 5.11 Å². The first-order valence-electron chi connectivity index (χ1n) is 6.53. The van der Waals surface area contributed by atoms with Crippen molar-refractivity contribution in [1.29, 1.82) is 0 Å². The molecule has 0 radical (unpaired) electrons. The van der Waals surface area contributed by atoms with Crippen LogP contribution in [0.2, 0.25) is 0 Å². The van der Waals surface area contributed by atoms with Gasteiger partial charge in [-0.05, 0) is 31.4 Å². The van der Waals surface area contributed by atoms with Gasteiger partial charge in [0.15, 0.2) is 0 Å². The SMILES string of the molecule is Cc1ncccc1CNCC1(O)CCCCC1. The molecule has 0 bridgehead atoms. The van der Waals surface area contributed by atoms with Crippen molar-refractivity contribution in [3.8, 4) is 0 Å². The average Bonchev–Trinajstić information content (AvgIpc) is 2.32. The lowest BCUT2D eigenvalue weighted by molar-refractivity contribution is 0.00466. The summed E-state index contributed by atoms with van der Waals surface area (Å²) in [5, 5.41) is 13.7. The highest BCUT2D eigenvalue weighted by Gasteiger charge is 2.28. The van der Waals surface area contributed by atoms with Gasteiger partial charge in [0.05, 0.1) is 5.60 Å². The molecular weight excluding hydrogens is 212 g/mol. The summed E-state index contributed by atoms with van der Waals surface area (Å²) in [5.74, 6) is 0. The zero-order chi connectivity index (χ0) is 12.1. The smallest absolute Gasteiger partial charge is 0.0771 e. The molecule has 1 aliphatic rings. The van der Waals surface area contributed by atoms with Crippen molar-refractivity contribution in [1.82, 2.24) is 10.3 Å². The molecule has 0 spiro atoms. The molecule has 1 heterocycles. The summed E-state index contributed by atoms with van der Waals surface area (Å²) < 4.78 is 0. The highest BCUT2D eigenvalue weighted by Crippen LogP contribution is 2.27. The van der Waals surface area contributed by atoms with Gasteiger partial charge < -0.3 is 10.4 Å². The van der Waals surface area contributed by atoms with E-state index in [1.54, 1.807) is 0 Å². The van der Waals surface area contributed by atoms with Gasteiger partial charge in [0.1, 0.15) is 0 Å². The van der Waals surface area contributed by atoms with Gasteiger partial charge in [-0.15, -0.1) is 0 Å². The molecule has 1 aromatic heterocycles. The second-order valence-electron chi connectivity index (χ2n) is 5.14. The van der Waals surface area contributed by atoms with E-state index >= 15 is 0 Å². The summed E-state index contributed by atoms with van der Waals surface area (Å²) in [4.78, 5) is 4.26. The van der Waals surface area contributed by atoms with Crippen LogP contribution >= 0.6 is 0 Å². The molecule has 0 aromatic carbocycles. The van der Waals surface area contributed by atoms with E-state index in [0.29, 0.717) is 6.54 Å². The summed E-state index contributed by atoms with van der Waals surface area (Å²) >= 11 is 0. The minimum Gasteiger partial charge on any atom is -0.389 e. The summed E-state index contributed by atoms with van der Waals surface area (Å²) in [5.41, 5.74) is 1.80. The van der Waals surface area contributed by atoms with E-state index in [1.807, 2.05) is 19.2 Å². The van der Waals surface area contributed by atoms with Gasteiger partial charge in [-0.25, -0.2) is 0 Å². The summed E-state index contributed by atoms with van der Waals surface area (Å²) in [6, 6.07) is 4.04. The maximum Gasteiger partial charge on any atom is 0.0771 e. The van der Waals surface area contributed by atoms with Crippen molar-refractivity contribution >= 4 is 0 Å². The van der Waals surface area contributed by atoms with Crippen LogP contribution in [-0.2, 0) is 6.54 Å². The Morgan fingerprint density at radius 3 is 2.82 bits per heavy atom. The van der Waals surface area contributed by atoms with E-state index < -0.39 is 5.60 Å². The van der Waals surface area contributed by atoms with Crippen LogP contribution in [0, 0.1) is 6.92 Å². The van der Waals surface area contributed by atoms with E-state index in [2.05, 4.69) is 16.4 Å². The Morgan fingerprint density at radius 2 is 2.12 bits per heavy atom. The number of hydrogen-bond acceptors (Lipinski definition) is 3. The highest BCUT2D eigenvalue weighted by atomic mass is 16.3. The van der Waals surface area contributed by atoms with Crippen LogP contribution in [0.1, 0.15) is 43.4 Å². The Balaban J connectivity index is 1.81. The Morgan fingerprint density at radius 1 is 1.35 bits per heavy atom. The molecule has 3 heteroatoms. The first-order chi connectivity index (χ1) is 8.20. The van der Waals surface area contributed by atoms with Crippen LogP contribution in [0.5, 0.6) is 0 Å². The molecule has 0 atom stereocenters. The molecule has 0 amide bonds. The number of aryl methyl sites for hydroxylation is 1. The molecule has 1 fully saturated rings. The maximum absolute atomic E-state index is 10.3. The molecule has 3 nitrogen and oxygen atoms in total. The van der Waals surface area contributed by atoms with Gasteiger partial charge in [-0.3, -0.25) is 4.98 Å². The van der Waals surface area contributed by atoms with Gasteiger partial charge >= 0.3 is 0 Å². The Hall–Kier alpha value is -0.930. The van der Waals surface area contributed by atoms with Crippen LogP contribution in [0.15, 0.2) is 18.3 Å². The van der Waals surface area contributed by atoms with Crippen LogP contribution < -0.4 is 5.32 Å². The average molecular weight is 234 g/mol. The van der Waals surface area contributed by atoms with E-state index in [-0.39, 0.29) is 0 Å². The molecule has 1 saturated carbocycles. The van der Waals surface area contributed by atoms with E-state index in [1.165, 1.54) is 12.0 Å². The molecule has 1 aromatic rings. The lowest BCUT2D eigenvalue weighted by Crippen LogP contribution is -2.41. The highest BCUT2D eigenvalue weighted by molar-refractivity contribution is 5.17. The monoisotopic (exact) mass is 234 g/mol. The number of hydrogen-bond donors (Lipinski definition) is 2. The predicted octanol–water partition coefficient (Wildman–Crippen LogP) is 2.17. The minimum atomic E-state index is -0.478. The van der Waals surface area contributed by atoms with E-state index in [4.69, 9.17) is 0 Å². The normalized spacial score (nSPS) is 19.2. The second kappa shape index (κ2) is 5.61. The van der Waals surface area contributed by atoms with Gasteiger partial charge in [0, 0.05) is 25.0 Å². The van der Waals surface area contributed by atoms with Gasteiger partial charge in [0.25, 0.3) is 0 Å². The Kier molecular flexibility index (Phi) is 4.13. The molecule has 0 unspecified atom stereocenters. The fourth-order valence-electron chi connectivity index (χ4n) is 2.52. The third kappa shape index (κ3) is 3.51. The molecular formula is C14H22N2O.